The molecule has 0 amide bonds. The Labute approximate surface area is 294 Å². The molecule has 1 aliphatic carbocycles. The van der Waals surface area contributed by atoms with Crippen LogP contribution in [0.1, 0.15) is 32.3 Å². The van der Waals surface area contributed by atoms with E-state index in [1.807, 2.05) is 36.4 Å². The largest absolute Gasteiger partial charge is 0.305 e. The average molecular weight is 813 g/mol. The third-order valence-corrected chi connectivity index (χ3v) is 11.8. The predicted octanol–water partition coefficient (Wildman–Crippen LogP) is 10.7. The second-order valence-electron chi connectivity index (χ2n) is 13.1. The molecule has 1 radical (unpaired) electrons. The molecular formula is C41H38IrN2SSi-2. The first-order valence-electron chi connectivity index (χ1n) is 16.7. The molecule has 3 heterocycles. The van der Waals surface area contributed by atoms with Gasteiger partial charge < -0.3 is 9.97 Å². The van der Waals surface area contributed by atoms with Crippen LogP contribution in [0.3, 0.4) is 0 Å². The van der Waals surface area contributed by atoms with E-state index in [2.05, 4.69) is 110 Å². The van der Waals surface area contributed by atoms with Crippen molar-refractivity contribution in [3.8, 4) is 22.5 Å². The van der Waals surface area contributed by atoms with E-state index in [-0.39, 0.29) is 26.0 Å². The molecular weight excluding hydrogens is 773 g/mol. The van der Waals surface area contributed by atoms with E-state index in [1.165, 1.54) is 47.3 Å². The van der Waals surface area contributed by atoms with Crippen LogP contribution < -0.4 is 5.19 Å². The van der Waals surface area contributed by atoms with E-state index in [9.17, 15) is 0 Å². The number of rotatable bonds is 5. The van der Waals surface area contributed by atoms with Crippen LogP contribution in [0.25, 0.3) is 53.5 Å². The van der Waals surface area contributed by atoms with Gasteiger partial charge in [-0.1, -0.05) is 72.6 Å². The quantitative estimate of drug-likeness (QED) is 0.128. The summed E-state index contributed by atoms with van der Waals surface area (Å²) in [6.07, 6.45) is 4.44. The summed E-state index contributed by atoms with van der Waals surface area (Å²) in [5.74, 6) is 0.131. The number of fused-ring (bicyclic) bond motifs is 5. The summed E-state index contributed by atoms with van der Waals surface area (Å²) < 4.78 is 19.5. The number of aromatic nitrogens is 2. The van der Waals surface area contributed by atoms with Gasteiger partial charge in [-0.05, 0) is 94.1 Å². The third kappa shape index (κ3) is 6.66. The fourth-order valence-corrected chi connectivity index (χ4v) is 9.16. The molecule has 0 N–H and O–H groups in total. The number of pyridine rings is 2. The van der Waals surface area contributed by atoms with Gasteiger partial charge in [0.2, 0.25) is 0 Å². The van der Waals surface area contributed by atoms with E-state index < -0.39 is 14.4 Å². The van der Waals surface area contributed by atoms with Crippen LogP contribution in [0.15, 0.2) is 97.3 Å². The SMILES string of the molecule is Cc1cc(-c2[c-]cccc2)ncc1[Si](C)(C)C.[2H]C([2H])(c1ccnc(-c2[c-]ccc3c2sc2cc(C)c4ccccc4c23)c1)C1CC1.[Ir]. The molecule has 1 saturated carbocycles. The topological polar surface area (TPSA) is 25.8 Å². The molecule has 1 fully saturated rings. The number of aryl methyl sites for hydroxylation is 2. The van der Waals surface area contributed by atoms with Crippen molar-refractivity contribution < 1.29 is 22.8 Å². The smallest absolute Gasteiger partial charge is 0.0798 e. The van der Waals surface area contributed by atoms with Crippen molar-refractivity contribution in [3.05, 3.63) is 126 Å². The van der Waals surface area contributed by atoms with Crippen molar-refractivity contribution in [2.24, 2.45) is 5.92 Å². The van der Waals surface area contributed by atoms with Crippen LogP contribution in [0.4, 0.5) is 0 Å². The van der Waals surface area contributed by atoms with E-state index >= 15 is 0 Å². The average Bonchev–Trinajstić information content (AvgIpc) is 3.87. The van der Waals surface area contributed by atoms with Crippen molar-refractivity contribution in [1.29, 1.82) is 0 Å². The van der Waals surface area contributed by atoms with Gasteiger partial charge in [-0.25, -0.2) is 0 Å². The minimum atomic E-state index is -1.29. The first-order chi connectivity index (χ1) is 22.5. The van der Waals surface area contributed by atoms with Gasteiger partial charge in [-0.3, -0.25) is 0 Å². The van der Waals surface area contributed by atoms with Gasteiger partial charge in [0, 0.05) is 39.9 Å². The standard InChI is InChI=1S/C26H20NS.C15H18NSi.Ir/c1-16-13-24-25(20-6-3-2-5-19(16)20)22-8-4-7-21(26(22)28-24)23-15-18(11-12-27-23)14-17-9-10-17;1-12-10-14(13-8-6-5-7-9-13)16-11-15(12)17(2,3)4;/h2-6,8,11-13,15,17H,9-10,14H2,1H3;5-8,10-11H,1-4H3;/q2*-1;/i14D2;;. The van der Waals surface area contributed by atoms with Crippen LogP contribution in [-0.4, -0.2) is 18.0 Å². The second kappa shape index (κ2) is 13.3. The number of benzene rings is 4. The van der Waals surface area contributed by atoms with Crippen LogP contribution in [0.5, 0.6) is 0 Å². The van der Waals surface area contributed by atoms with Crippen LogP contribution in [0.2, 0.25) is 19.6 Å². The Bertz CT molecular complexity index is 2260. The first-order valence-corrected chi connectivity index (χ1v) is 20.0. The minimum absolute atomic E-state index is 0. The number of thiophene rings is 1. The molecule has 0 spiro atoms. The Balaban J connectivity index is 0.000000191. The molecule has 0 aliphatic heterocycles. The van der Waals surface area contributed by atoms with E-state index in [0.717, 1.165) is 40.9 Å². The summed E-state index contributed by atoms with van der Waals surface area (Å²) in [4.78, 5) is 9.19. The van der Waals surface area contributed by atoms with Crippen LogP contribution >= 0.6 is 11.3 Å². The normalized spacial score (nSPS) is 13.9. The Kier molecular flexibility index (Phi) is 8.66. The zero-order valence-corrected chi connectivity index (χ0v) is 31.1. The molecule has 0 bridgehead atoms. The summed E-state index contributed by atoms with van der Waals surface area (Å²) in [6, 6.07) is 35.5. The molecule has 0 atom stereocenters. The van der Waals surface area contributed by atoms with Crippen molar-refractivity contribution >= 4 is 55.5 Å². The predicted molar refractivity (Wildman–Crippen MR) is 196 cm³/mol. The number of nitrogens with zero attached hydrogens (tertiary/aromatic N) is 2. The molecule has 233 valence electrons. The van der Waals surface area contributed by atoms with E-state index in [0.29, 0.717) is 0 Å². The summed E-state index contributed by atoms with van der Waals surface area (Å²) in [6.45, 7) is 11.4. The van der Waals surface area contributed by atoms with Crippen molar-refractivity contribution in [2.75, 3.05) is 0 Å². The van der Waals surface area contributed by atoms with Crippen molar-refractivity contribution in [1.82, 2.24) is 9.97 Å². The van der Waals surface area contributed by atoms with E-state index in [1.54, 1.807) is 17.5 Å². The van der Waals surface area contributed by atoms with Gasteiger partial charge >= 0.3 is 0 Å². The van der Waals surface area contributed by atoms with Gasteiger partial charge in [-0.15, -0.1) is 59.7 Å². The number of hydrogen-bond acceptors (Lipinski definition) is 3. The monoisotopic (exact) mass is 813 g/mol. The maximum atomic E-state index is 8.54. The van der Waals surface area contributed by atoms with Gasteiger partial charge in [0.05, 0.1) is 8.07 Å². The van der Waals surface area contributed by atoms with Gasteiger partial charge in [0.25, 0.3) is 0 Å². The van der Waals surface area contributed by atoms with E-state index in [4.69, 9.17) is 2.74 Å². The minimum Gasteiger partial charge on any atom is -0.305 e. The molecule has 3 aromatic heterocycles. The molecule has 2 nitrogen and oxygen atoms in total. The Morgan fingerprint density at radius 2 is 1.61 bits per heavy atom. The zero-order chi connectivity index (χ0) is 32.9. The Morgan fingerprint density at radius 3 is 2.33 bits per heavy atom. The molecule has 4 aromatic carbocycles. The molecule has 0 saturated heterocycles. The van der Waals surface area contributed by atoms with Crippen LogP contribution in [-0.2, 0) is 26.5 Å². The Morgan fingerprint density at radius 1 is 0.826 bits per heavy atom. The molecule has 5 heteroatoms. The molecule has 8 rings (SSSR count). The maximum Gasteiger partial charge on any atom is 0.0798 e. The summed E-state index contributed by atoms with van der Waals surface area (Å²) >= 11 is 1.78. The first kappa shape index (κ1) is 29.9. The Hall–Kier alpha value is -3.47. The summed E-state index contributed by atoms with van der Waals surface area (Å²) in [7, 11) is -1.27. The zero-order valence-electron chi connectivity index (χ0n) is 28.9. The van der Waals surface area contributed by atoms with Gasteiger partial charge in [0.1, 0.15) is 0 Å². The van der Waals surface area contributed by atoms with Crippen LogP contribution in [0, 0.1) is 31.9 Å². The van der Waals surface area contributed by atoms with Crippen molar-refractivity contribution in [2.45, 2.75) is 52.7 Å². The molecule has 46 heavy (non-hydrogen) atoms. The molecule has 1 aliphatic rings. The molecule has 7 aromatic rings. The third-order valence-electron chi connectivity index (χ3n) is 8.51. The fourth-order valence-electron chi connectivity index (χ4n) is 6.13. The maximum absolute atomic E-state index is 8.54. The van der Waals surface area contributed by atoms with Crippen molar-refractivity contribution in [3.63, 3.8) is 0 Å². The summed E-state index contributed by atoms with van der Waals surface area (Å²) in [5.41, 5.74) is 7.21. The second-order valence-corrected chi connectivity index (χ2v) is 19.2. The molecule has 0 unspecified atom stereocenters. The fraction of sp³-hybridized carbons (Fsp3) is 0.220. The number of hydrogen-bond donors (Lipinski definition) is 0. The van der Waals surface area contributed by atoms with Gasteiger partial charge in [0.15, 0.2) is 0 Å². The summed E-state index contributed by atoms with van der Waals surface area (Å²) in [5, 5.41) is 6.52. The van der Waals surface area contributed by atoms with Gasteiger partial charge in [-0.2, -0.15) is 11.3 Å².